The molecule has 3 aromatic rings. The number of fused-ring (bicyclic) bond motifs is 1. The van der Waals surface area contributed by atoms with Gasteiger partial charge in [-0.25, -0.2) is 4.79 Å². The van der Waals surface area contributed by atoms with E-state index in [0.29, 0.717) is 5.69 Å². The molecule has 6 nitrogen and oxygen atoms in total. The number of aromatic nitrogens is 2. The minimum Gasteiger partial charge on any atom is -0.497 e. The van der Waals surface area contributed by atoms with Gasteiger partial charge >= 0.3 is 5.97 Å². The zero-order valence-corrected chi connectivity index (χ0v) is 10.0. The number of H-pyrrole nitrogens is 1. The number of rotatable bonds is 3. The van der Waals surface area contributed by atoms with E-state index in [1.54, 1.807) is 7.11 Å². The number of nitrogens with zero attached hydrogens (tertiary/aromatic N) is 1. The van der Waals surface area contributed by atoms with Crippen molar-refractivity contribution in [3.05, 3.63) is 36.0 Å². The zero-order valence-electron chi connectivity index (χ0n) is 10.0. The molecule has 0 atom stereocenters. The van der Waals surface area contributed by atoms with Gasteiger partial charge in [-0.15, -0.1) is 0 Å². The van der Waals surface area contributed by atoms with Gasteiger partial charge in [0.2, 0.25) is 0 Å². The van der Waals surface area contributed by atoms with Gasteiger partial charge in [0, 0.05) is 17.0 Å². The molecule has 6 heteroatoms. The summed E-state index contributed by atoms with van der Waals surface area (Å²) in [5.41, 5.74) is 1.43. The molecule has 0 aliphatic rings. The van der Waals surface area contributed by atoms with E-state index in [9.17, 15) is 4.79 Å². The van der Waals surface area contributed by atoms with Gasteiger partial charge in [-0.2, -0.15) is 0 Å². The Morgan fingerprint density at radius 1 is 1.42 bits per heavy atom. The number of carboxylic acid groups (broad SMARTS) is 1. The summed E-state index contributed by atoms with van der Waals surface area (Å²) in [5, 5.41) is 13.5. The third-order valence-electron chi connectivity index (χ3n) is 2.88. The minimum atomic E-state index is -1.08. The van der Waals surface area contributed by atoms with Crippen LogP contribution in [0.2, 0.25) is 0 Å². The number of aromatic amines is 1. The fourth-order valence-electron chi connectivity index (χ4n) is 1.94. The number of carboxylic acids is 1. The minimum absolute atomic E-state index is 0.0264. The molecule has 0 fully saturated rings. The molecular weight excluding hydrogens is 248 g/mol. The maximum atomic E-state index is 11.0. The number of aromatic carboxylic acids is 1. The molecule has 0 unspecified atom stereocenters. The molecule has 96 valence electrons. The van der Waals surface area contributed by atoms with Crippen LogP contribution in [0.15, 0.2) is 35.0 Å². The van der Waals surface area contributed by atoms with E-state index in [4.69, 9.17) is 14.4 Å². The van der Waals surface area contributed by atoms with Crippen molar-refractivity contribution in [3.63, 3.8) is 0 Å². The Kier molecular flexibility index (Phi) is 2.49. The predicted octanol–water partition coefficient (Wildman–Crippen LogP) is 2.53. The number of hydrogen-bond acceptors (Lipinski definition) is 4. The quantitative estimate of drug-likeness (QED) is 0.753. The second-order valence-electron chi connectivity index (χ2n) is 4.01. The average molecular weight is 258 g/mol. The average Bonchev–Trinajstić information content (AvgIpc) is 3.03. The van der Waals surface area contributed by atoms with Crippen molar-refractivity contribution < 1.29 is 19.2 Å². The molecule has 0 bridgehead atoms. The van der Waals surface area contributed by atoms with Crippen molar-refractivity contribution in [2.45, 2.75) is 0 Å². The van der Waals surface area contributed by atoms with Gasteiger partial charge in [0.05, 0.1) is 19.0 Å². The molecule has 0 aliphatic heterocycles. The van der Waals surface area contributed by atoms with Crippen molar-refractivity contribution in [2.24, 2.45) is 0 Å². The smallest absolute Gasteiger partial charge is 0.341 e. The van der Waals surface area contributed by atoms with Crippen LogP contribution in [-0.4, -0.2) is 28.3 Å². The van der Waals surface area contributed by atoms with E-state index in [1.807, 2.05) is 24.3 Å². The first-order chi connectivity index (χ1) is 9.19. The predicted molar refractivity (Wildman–Crippen MR) is 67.3 cm³/mol. The summed E-state index contributed by atoms with van der Waals surface area (Å²) < 4.78 is 10.1. The fraction of sp³-hybridized carbons (Fsp3) is 0.0769. The molecule has 2 heterocycles. The normalized spacial score (nSPS) is 10.8. The Morgan fingerprint density at radius 3 is 3.00 bits per heavy atom. The molecule has 0 amide bonds. The summed E-state index contributed by atoms with van der Waals surface area (Å²) in [4.78, 5) is 14.1. The summed E-state index contributed by atoms with van der Waals surface area (Å²) in [7, 11) is 1.59. The lowest BCUT2D eigenvalue weighted by Crippen LogP contribution is -1.95. The standard InChI is InChI=1S/C13H10N2O4/c1-18-8-3-2-7-4-11(15-10(7)5-8)12-9(13(16)17)6-14-19-12/h2-6,15H,1H3,(H,16,17). The maximum absolute atomic E-state index is 11.0. The van der Waals surface area contributed by atoms with Crippen molar-refractivity contribution >= 4 is 16.9 Å². The fourth-order valence-corrected chi connectivity index (χ4v) is 1.94. The highest BCUT2D eigenvalue weighted by molar-refractivity contribution is 5.95. The van der Waals surface area contributed by atoms with E-state index >= 15 is 0 Å². The Balaban J connectivity index is 2.15. The molecular formula is C13H10N2O4. The third-order valence-corrected chi connectivity index (χ3v) is 2.88. The van der Waals surface area contributed by atoms with Crippen molar-refractivity contribution in [1.82, 2.24) is 10.1 Å². The molecule has 3 rings (SSSR count). The van der Waals surface area contributed by atoms with E-state index in [2.05, 4.69) is 10.1 Å². The van der Waals surface area contributed by atoms with Crippen LogP contribution in [0.4, 0.5) is 0 Å². The highest BCUT2D eigenvalue weighted by Gasteiger charge is 2.18. The van der Waals surface area contributed by atoms with Crippen molar-refractivity contribution in [1.29, 1.82) is 0 Å². The first kappa shape index (κ1) is 11.3. The SMILES string of the molecule is COc1ccc2cc(-c3oncc3C(=O)O)[nH]c2c1. The molecule has 0 spiro atoms. The third kappa shape index (κ3) is 1.83. The van der Waals surface area contributed by atoms with Gasteiger partial charge in [0.1, 0.15) is 11.3 Å². The van der Waals surface area contributed by atoms with Crippen LogP contribution in [0.1, 0.15) is 10.4 Å². The van der Waals surface area contributed by atoms with Gasteiger partial charge in [0.25, 0.3) is 0 Å². The van der Waals surface area contributed by atoms with E-state index in [-0.39, 0.29) is 11.3 Å². The zero-order chi connectivity index (χ0) is 13.4. The summed E-state index contributed by atoms with van der Waals surface area (Å²) in [6, 6.07) is 7.35. The lowest BCUT2D eigenvalue weighted by atomic mass is 10.2. The van der Waals surface area contributed by atoms with Gasteiger partial charge in [-0.05, 0) is 18.2 Å². The van der Waals surface area contributed by atoms with Crippen molar-refractivity contribution in [2.75, 3.05) is 7.11 Å². The number of ether oxygens (including phenoxy) is 1. The second-order valence-corrected chi connectivity index (χ2v) is 4.01. The second kappa shape index (κ2) is 4.16. The first-order valence-electron chi connectivity index (χ1n) is 5.54. The number of methoxy groups -OCH3 is 1. The molecule has 0 aliphatic carbocycles. The Labute approximate surface area is 107 Å². The van der Waals surface area contributed by atoms with Crippen LogP contribution in [0, 0.1) is 0 Å². The van der Waals surface area contributed by atoms with Crippen LogP contribution in [-0.2, 0) is 0 Å². The molecule has 1 aromatic carbocycles. The molecule has 0 radical (unpaired) electrons. The summed E-state index contributed by atoms with van der Waals surface area (Å²) in [5.74, 6) is -0.146. The van der Waals surface area contributed by atoms with Crippen LogP contribution in [0.25, 0.3) is 22.4 Å². The van der Waals surface area contributed by atoms with E-state index < -0.39 is 5.97 Å². The van der Waals surface area contributed by atoms with Gasteiger partial charge in [-0.1, -0.05) is 5.16 Å². The number of hydrogen-bond donors (Lipinski definition) is 2. The number of nitrogens with one attached hydrogen (secondary N) is 1. The largest absolute Gasteiger partial charge is 0.497 e. The maximum Gasteiger partial charge on any atom is 0.341 e. The Hall–Kier alpha value is -2.76. The van der Waals surface area contributed by atoms with Crippen molar-refractivity contribution in [3.8, 4) is 17.2 Å². The molecule has 2 N–H and O–H groups in total. The monoisotopic (exact) mass is 258 g/mol. The summed E-state index contributed by atoms with van der Waals surface area (Å²) >= 11 is 0. The Bertz CT molecular complexity index is 757. The lowest BCUT2D eigenvalue weighted by Gasteiger charge is -1.97. The van der Waals surface area contributed by atoms with E-state index in [0.717, 1.165) is 16.7 Å². The summed E-state index contributed by atoms with van der Waals surface area (Å²) in [6.07, 6.45) is 1.18. The molecule has 0 saturated heterocycles. The topological polar surface area (TPSA) is 88.3 Å². The molecule has 19 heavy (non-hydrogen) atoms. The van der Waals surface area contributed by atoms with Crippen LogP contribution >= 0.6 is 0 Å². The lowest BCUT2D eigenvalue weighted by molar-refractivity contribution is 0.0697. The van der Waals surface area contributed by atoms with Gasteiger partial charge in [0.15, 0.2) is 5.76 Å². The van der Waals surface area contributed by atoms with E-state index in [1.165, 1.54) is 6.20 Å². The Morgan fingerprint density at radius 2 is 2.26 bits per heavy atom. The first-order valence-corrected chi connectivity index (χ1v) is 5.54. The number of benzene rings is 1. The van der Waals surface area contributed by atoms with Gasteiger partial charge in [-0.3, -0.25) is 0 Å². The molecule has 0 saturated carbocycles. The highest BCUT2D eigenvalue weighted by atomic mass is 16.5. The number of carbonyl (C=O) groups is 1. The van der Waals surface area contributed by atoms with Crippen LogP contribution in [0.3, 0.4) is 0 Å². The van der Waals surface area contributed by atoms with Gasteiger partial charge < -0.3 is 19.4 Å². The van der Waals surface area contributed by atoms with Crippen LogP contribution < -0.4 is 4.74 Å². The highest BCUT2D eigenvalue weighted by Crippen LogP contribution is 2.28. The summed E-state index contributed by atoms with van der Waals surface area (Å²) in [6.45, 7) is 0. The molecule has 2 aromatic heterocycles. The van der Waals surface area contributed by atoms with Crippen LogP contribution in [0.5, 0.6) is 5.75 Å².